The average molecular weight is 376 g/mol. The van der Waals surface area contributed by atoms with E-state index in [-0.39, 0.29) is 5.43 Å². The second kappa shape index (κ2) is 7.36. The van der Waals surface area contributed by atoms with Crippen molar-refractivity contribution < 1.29 is 0 Å². The number of hydrazine groups is 1. The van der Waals surface area contributed by atoms with Crippen molar-refractivity contribution in [2.75, 3.05) is 5.32 Å². The molecule has 7 heteroatoms. The zero-order valence-electron chi connectivity index (χ0n) is 15.8. The fourth-order valence-electron chi connectivity index (χ4n) is 3.90. The third-order valence-corrected chi connectivity index (χ3v) is 5.29. The van der Waals surface area contributed by atoms with Crippen molar-refractivity contribution in [3.63, 3.8) is 0 Å². The lowest BCUT2D eigenvalue weighted by Gasteiger charge is -2.16. The van der Waals surface area contributed by atoms with Crippen LogP contribution >= 0.6 is 0 Å². The zero-order valence-corrected chi connectivity index (χ0v) is 15.8. The summed E-state index contributed by atoms with van der Waals surface area (Å²) in [7, 11) is 0. The first-order valence-electron chi connectivity index (χ1n) is 9.40. The summed E-state index contributed by atoms with van der Waals surface area (Å²) in [5, 5.41) is 4.07. The molecule has 0 saturated heterocycles. The molecule has 4 rings (SSSR count). The maximum atomic E-state index is 13.1. The fourth-order valence-corrected chi connectivity index (χ4v) is 3.90. The van der Waals surface area contributed by atoms with Gasteiger partial charge in [-0.1, -0.05) is 24.3 Å². The van der Waals surface area contributed by atoms with Crippen LogP contribution in [-0.2, 0) is 19.4 Å². The van der Waals surface area contributed by atoms with Gasteiger partial charge in [-0.25, -0.2) is 4.98 Å². The van der Waals surface area contributed by atoms with E-state index in [2.05, 4.69) is 40.0 Å². The molecule has 28 heavy (non-hydrogen) atoms. The third-order valence-electron chi connectivity index (χ3n) is 5.29. The van der Waals surface area contributed by atoms with Crippen molar-refractivity contribution in [3.05, 3.63) is 75.8 Å². The Labute approximate surface area is 163 Å². The molecule has 0 aliphatic heterocycles. The Morgan fingerprint density at radius 3 is 2.64 bits per heavy atom. The molecule has 0 saturated carbocycles. The Bertz CT molecular complexity index is 1090. The van der Waals surface area contributed by atoms with Crippen LogP contribution in [0, 0.1) is 0 Å². The predicted molar refractivity (Wildman–Crippen MR) is 112 cm³/mol. The maximum absolute atomic E-state index is 13.1. The molecule has 3 aromatic rings. The molecule has 7 nitrogen and oxygen atoms in total. The molecule has 1 aliphatic carbocycles. The number of aryl methyl sites for hydroxylation is 1. The lowest BCUT2D eigenvalue weighted by atomic mass is 10.1. The van der Waals surface area contributed by atoms with Gasteiger partial charge >= 0.3 is 0 Å². The van der Waals surface area contributed by atoms with Crippen molar-refractivity contribution in [1.29, 1.82) is 0 Å². The molecule has 0 radical (unpaired) electrons. The van der Waals surface area contributed by atoms with Gasteiger partial charge in [-0.3, -0.25) is 10.6 Å². The first kappa shape index (κ1) is 18.1. The smallest absolute Gasteiger partial charge is 0.200 e. The van der Waals surface area contributed by atoms with Gasteiger partial charge < -0.3 is 21.0 Å². The van der Waals surface area contributed by atoms with Crippen molar-refractivity contribution in [2.45, 2.75) is 32.4 Å². The zero-order chi connectivity index (χ0) is 19.7. The number of pyridine rings is 2. The van der Waals surface area contributed by atoms with Crippen LogP contribution in [0.4, 0.5) is 5.69 Å². The van der Waals surface area contributed by atoms with Gasteiger partial charge in [0.05, 0.1) is 28.5 Å². The van der Waals surface area contributed by atoms with E-state index in [9.17, 15) is 4.79 Å². The number of rotatable bonds is 5. The molecule has 2 aromatic heterocycles. The quantitative estimate of drug-likeness (QED) is 0.399. The van der Waals surface area contributed by atoms with E-state index in [1.165, 1.54) is 17.3 Å². The molecule has 0 atom stereocenters. The van der Waals surface area contributed by atoms with Crippen molar-refractivity contribution in [1.82, 2.24) is 15.0 Å². The summed E-state index contributed by atoms with van der Waals surface area (Å²) in [6, 6.07) is 10.6. The Hall–Kier alpha value is -3.32. The number of hydrogen-bond donors (Lipinski definition) is 4. The number of nitrogens with zero attached hydrogens (tertiary/aromatic N) is 2. The van der Waals surface area contributed by atoms with Crippen LogP contribution in [0.5, 0.6) is 0 Å². The highest BCUT2D eigenvalue weighted by Crippen LogP contribution is 2.25. The molecule has 6 N–H and O–H groups in total. The number of benzene rings is 1. The lowest BCUT2D eigenvalue weighted by Crippen LogP contribution is -2.26. The van der Waals surface area contributed by atoms with Crippen LogP contribution in [0.25, 0.3) is 16.7 Å². The van der Waals surface area contributed by atoms with E-state index < -0.39 is 0 Å². The SMILES string of the molecule is CCn1cc(/C(=C/N)NN)c(=O)c2cc(NC3Cc4ccccc4C3)cnc21. The first-order valence-corrected chi connectivity index (χ1v) is 9.40. The van der Waals surface area contributed by atoms with Gasteiger partial charge in [-0.2, -0.15) is 0 Å². The minimum absolute atomic E-state index is 0.153. The summed E-state index contributed by atoms with van der Waals surface area (Å²) in [6.07, 6.45) is 6.75. The van der Waals surface area contributed by atoms with E-state index in [0.29, 0.717) is 34.9 Å². The van der Waals surface area contributed by atoms with Crippen LogP contribution in [0.2, 0.25) is 0 Å². The van der Waals surface area contributed by atoms with Crippen molar-refractivity contribution >= 4 is 22.4 Å². The van der Waals surface area contributed by atoms with Gasteiger partial charge in [0.25, 0.3) is 0 Å². The van der Waals surface area contributed by atoms with Gasteiger partial charge in [-0.05, 0) is 37.0 Å². The Kier molecular flexibility index (Phi) is 4.75. The Morgan fingerprint density at radius 2 is 2.04 bits per heavy atom. The highest BCUT2D eigenvalue weighted by Gasteiger charge is 2.21. The highest BCUT2D eigenvalue weighted by molar-refractivity contribution is 5.82. The van der Waals surface area contributed by atoms with Gasteiger partial charge in [0.15, 0.2) is 5.43 Å². The fraction of sp³-hybridized carbons (Fsp3) is 0.238. The molecular weight excluding hydrogens is 352 g/mol. The molecule has 1 aromatic carbocycles. The number of nitrogens with two attached hydrogens (primary N) is 2. The van der Waals surface area contributed by atoms with E-state index in [1.807, 2.05) is 17.6 Å². The van der Waals surface area contributed by atoms with E-state index >= 15 is 0 Å². The average Bonchev–Trinajstić information content (AvgIpc) is 3.13. The first-order chi connectivity index (χ1) is 13.6. The summed E-state index contributed by atoms with van der Waals surface area (Å²) < 4.78 is 1.92. The predicted octanol–water partition coefficient (Wildman–Crippen LogP) is 1.72. The second-order valence-corrected chi connectivity index (χ2v) is 7.00. The standard InChI is InChI=1S/C21H24N6O/c1-2-27-12-18(19(10-22)26-23)20(28)17-9-16(11-24-21(17)27)25-15-7-13-5-3-4-6-14(13)8-15/h3-6,9-12,15,25-26H,2,7-8,22-23H2,1H3/b19-10-. The molecule has 144 valence electrons. The number of aromatic nitrogens is 2. The third kappa shape index (κ3) is 3.10. The van der Waals surface area contributed by atoms with Crippen molar-refractivity contribution in [3.8, 4) is 0 Å². The van der Waals surface area contributed by atoms with Crippen LogP contribution in [0.3, 0.4) is 0 Å². The number of nitrogens with one attached hydrogen (secondary N) is 2. The largest absolute Gasteiger partial charge is 0.403 e. The molecule has 0 bridgehead atoms. The summed E-state index contributed by atoms with van der Waals surface area (Å²) >= 11 is 0. The number of anilines is 1. The molecule has 1 aliphatic rings. The lowest BCUT2D eigenvalue weighted by molar-refractivity contribution is 0.767. The Morgan fingerprint density at radius 1 is 1.32 bits per heavy atom. The summed E-state index contributed by atoms with van der Waals surface area (Å²) in [5.74, 6) is 5.53. The highest BCUT2D eigenvalue weighted by atomic mass is 16.1. The molecule has 0 amide bonds. The number of hydrogen-bond acceptors (Lipinski definition) is 6. The minimum atomic E-state index is -0.153. The van der Waals surface area contributed by atoms with E-state index in [1.54, 1.807) is 12.4 Å². The van der Waals surface area contributed by atoms with E-state index in [4.69, 9.17) is 11.6 Å². The van der Waals surface area contributed by atoms with Gasteiger partial charge in [0.1, 0.15) is 5.65 Å². The molecule has 0 fully saturated rings. The summed E-state index contributed by atoms with van der Waals surface area (Å²) in [5.41, 5.74) is 13.0. The normalized spacial score (nSPS) is 14.3. The Balaban J connectivity index is 1.72. The summed E-state index contributed by atoms with van der Waals surface area (Å²) in [4.78, 5) is 17.6. The van der Waals surface area contributed by atoms with Gasteiger partial charge in [0.2, 0.25) is 0 Å². The molecule has 0 spiro atoms. The van der Waals surface area contributed by atoms with E-state index in [0.717, 1.165) is 18.5 Å². The van der Waals surface area contributed by atoms with Crippen LogP contribution in [0.15, 0.2) is 53.7 Å². The topological polar surface area (TPSA) is 111 Å². The molecule has 2 heterocycles. The molecular formula is C21H24N6O. The van der Waals surface area contributed by atoms with Gasteiger partial charge in [0, 0.05) is 25.0 Å². The van der Waals surface area contributed by atoms with Gasteiger partial charge in [-0.15, -0.1) is 0 Å². The van der Waals surface area contributed by atoms with Crippen molar-refractivity contribution in [2.24, 2.45) is 11.6 Å². The van der Waals surface area contributed by atoms with Crippen LogP contribution < -0.4 is 27.7 Å². The monoisotopic (exact) mass is 376 g/mol. The maximum Gasteiger partial charge on any atom is 0.200 e. The minimum Gasteiger partial charge on any atom is -0.403 e. The summed E-state index contributed by atoms with van der Waals surface area (Å²) in [6.45, 7) is 2.67. The van der Waals surface area contributed by atoms with Crippen LogP contribution in [0.1, 0.15) is 23.6 Å². The van der Waals surface area contributed by atoms with Crippen LogP contribution in [-0.4, -0.2) is 15.6 Å². The second-order valence-electron chi connectivity index (χ2n) is 7.00. The number of fused-ring (bicyclic) bond motifs is 2. The molecule has 0 unspecified atom stereocenters.